The summed E-state index contributed by atoms with van der Waals surface area (Å²) in [5, 5.41) is 4.62. The monoisotopic (exact) mass is 283 g/mol. The Kier molecular flexibility index (Phi) is 4.70. The van der Waals surface area contributed by atoms with Crippen molar-refractivity contribution in [3.05, 3.63) is 58.0 Å². The molecule has 1 aromatic carbocycles. The van der Waals surface area contributed by atoms with Gasteiger partial charge in [-0.25, -0.2) is 0 Å². The van der Waals surface area contributed by atoms with Crippen LogP contribution >= 0.6 is 23.2 Å². The highest BCUT2D eigenvalue weighted by atomic mass is 35.5. The van der Waals surface area contributed by atoms with Crippen LogP contribution in [0.25, 0.3) is 0 Å². The average molecular weight is 284 g/mol. The van der Waals surface area contributed by atoms with Gasteiger partial charge < -0.3 is 9.73 Å². The Hall–Kier alpha value is -0.960. The number of rotatable bonds is 5. The molecule has 0 radical (unpaired) electrons. The smallest absolute Gasteiger partial charge is 0.105 e. The zero-order valence-electron chi connectivity index (χ0n) is 10.1. The second kappa shape index (κ2) is 6.28. The molecule has 0 aliphatic rings. The molecule has 1 aromatic heterocycles. The first-order chi connectivity index (χ1) is 8.66. The molecule has 4 heteroatoms. The van der Waals surface area contributed by atoms with E-state index in [1.165, 1.54) is 0 Å². The summed E-state index contributed by atoms with van der Waals surface area (Å²) < 4.78 is 5.31. The minimum absolute atomic E-state index is 0.311. The van der Waals surface area contributed by atoms with Crippen molar-refractivity contribution in [2.45, 2.75) is 25.9 Å². The molecule has 2 nitrogen and oxygen atoms in total. The summed E-state index contributed by atoms with van der Waals surface area (Å²) in [5.74, 6) is 0.979. The molecule has 1 N–H and O–H groups in total. The van der Waals surface area contributed by atoms with Gasteiger partial charge in [0.1, 0.15) is 5.76 Å². The van der Waals surface area contributed by atoms with Crippen molar-refractivity contribution in [3.63, 3.8) is 0 Å². The zero-order valence-corrected chi connectivity index (χ0v) is 11.6. The van der Waals surface area contributed by atoms with Gasteiger partial charge in [0.05, 0.1) is 16.3 Å². The highest BCUT2D eigenvalue weighted by molar-refractivity contribution is 6.42. The lowest BCUT2D eigenvalue weighted by Gasteiger charge is -2.13. The summed E-state index contributed by atoms with van der Waals surface area (Å²) in [5.41, 5.74) is 1.01. The Morgan fingerprint density at radius 3 is 2.78 bits per heavy atom. The van der Waals surface area contributed by atoms with Gasteiger partial charge in [-0.15, -0.1) is 0 Å². The standard InChI is InChI=1S/C14H15Cl2NO/c1-10(8-12-5-3-7-18-12)17-9-11-4-2-6-13(15)14(11)16/h2-7,10,17H,8-9H2,1H3. The molecule has 1 unspecified atom stereocenters. The van der Waals surface area contributed by atoms with E-state index in [0.29, 0.717) is 22.6 Å². The van der Waals surface area contributed by atoms with Crippen molar-refractivity contribution in [1.29, 1.82) is 0 Å². The Balaban J connectivity index is 1.89. The number of hydrogen-bond donors (Lipinski definition) is 1. The van der Waals surface area contributed by atoms with Crippen molar-refractivity contribution in [3.8, 4) is 0 Å². The molecule has 18 heavy (non-hydrogen) atoms. The maximum atomic E-state index is 6.13. The van der Waals surface area contributed by atoms with Gasteiger partial charge in [0, 0.05) is 19.0 Å². The van der Waals surface area contributed by atoms with Crippen molar-refractivity contribution < 1.29 is 4.42 Å². The fourth-order valence-electron chi connectivity index (χ4n) is 1.77. The fraction of sp³-hybridized carbons (Fsp3) is 0.286. The van der Waals surface area contributed by atoms with Crippen LogP contribution in [0.3, 0.4) is 0 Å². The van der Waals surface area contributed by atoms with E-state index in [2.05, 4.69) is 12.2 Å². The molecule has 0 fully saturated rings. The molecular formula is C14H15Cl2NO. The first kappa shape index (κ1) is 13.5. The molecule has 1 heterocycles. The predicted molar refractivity (Wildman–Crippen MR) is 75.2 cm³/mol. The van der Waals surface area contributed by atoms with E-state index in [9.17, 15) is 0 Å². The number of nitrogens with one attached hydrogen (secondary N) is 1. The minimum Gasteiger partial charge on any atom is -0.469 e. The topological polar surface area (TPSA) is 25.2 Å². The summed E-state index contributed by atoms with van der Waals surface area (Å²) in [7, 11) is 0. The third-order valence-electron chi connectivity index (χ3n) is 2.76. The van der Waals surface area contributed by atoms with Gasteiger partial charge in [0.2, 0.25) is 0 Å². The number of benzene rings is 1. The molecule has 0 amide bonds. The summed E-state index contributed by atoms with van der Waals surface area (Å²) >= 11 is 12.1. The second-order valence-electron chi connectivity index (χ2n) is 4.28. The lowest BCUT2D eigenvalue weighted by Crippen LogP contribution is -2.27. The van der Waals surface area contributed by atoms with Gasteiger partial charge in [-0.05, 0) is 30.7 Å². The van der Waals surface area contributed by atoms with Gasteiger partial charge in [-0.2, -0.15) is 0 Å². The molecule has 0 spiro atoms. The Bertz CT molecular complexity index is 497. The fourth-order valence-corrected chi connectivity index (χ4v) is 2.16. The van der Waals surface area contributed by atoms with Crippen LogP contribution in [0.5, 0.6) is 0 Å². The SMILES string of the molecule is CC(Cc1ccco1)NCc1cccc(Cl)c1Cl. The van der Waals surface area contributed by atoms with E-state index < -0.39 is 0 Å². The van der Waals surface area contributed by atoms with E-state index in [1.54, 1.807) is 12.3 Å². The summed E-state index contributed by atoms with van der Waals surface area (Å²) in [6.07, 6.45) is 2.54. The van der Waals surface area contributed by atoms with Crippen LogP contribution in [0.1, 0.15) is 18.2 Å². The van der Waals surface area contributed by atoms with Crippen molar-refractivity contribution >= 4 is 23.2 Å². The van der Waals surface area contributed by atoms with Crippen LogP contribution in [0.15, 0.2) is 41.0 Å². The highest BCUT2D eigenvalue weighted by Crippen LogP contribution is 2.25. The lowest BCUT2D eigenvalue weighted by atomic mass is 10.1. The van der Waals surface area contributed by atoms with E-state index in [4.69, 9.17) is 27.6 Å². The average Bonchev–Trinajstić information content (AvgIpc) is 2.84. The largest absolute Gasteiger partial charge is 0.469 e. The summed E-state index contributed by atoms with van der Waals surface area (Å²) in [4.78, 5) is 0. The van der Waals surface area contributed by atoms with Crippen molar-refractivity contribution in [2.75, 3.05) is 0 Å². The first-order valence-electron chi connectivity index (χ1n) is 5.85. The molecule has 0 aliphatic heterocycles. The molecule has 2 rings (SSSR count). The molecule has 0 saturated heterocycles. The third kappa shape index (κ3) is 3.52. The van der Waals surface area contributed by atoms with Gasteiger partial charge in [0.25, 0.3) is 0 Å². The van der Waals surface area contributed by atoms with Crippen LogP contribution in [0.2, 0.25) is 10.0 Å². The Morgan fingerprint density at radius 1 is 1.22 bits per heavy atom. The number of furan rings is 1. The van der Waals surface area contributed by atoms with Gasteiger partial charge >= 0.3 is 0 Å². The van der Waals surface area contributed by atoms with E-state index in [-0.39, 0.29) is 0 Å². The van der Waals surface area contributed by atoms with Crippen LogP contribution in [-0.4, -0.2) is 6.04 Å². The first-order valence-corrected chi connectivity index (χ1v) is 6.61. The van der Waals surface area contributed by atoms with Crippen molar-refractivity contribution in [2.24, 2.45) is 0 Å². The van der Waals surface area contributed by atoms with E-state index in [1.807, 2.05) is 24.3 Å². The molecule has 2 aromatic rings. The molecule has 1 atom stereocenters. The Labute approximate surface area is 117 Å². The molecule has 0 aliphatic carbocycles. The maximum Gasteiger partial charge on any atom is 0.105 e. The van der Waals surface area contributed by atoms with E-state index >= 15 is 0 Å². The summed E-state index contributed by atoms with van der Waals surface area (Å²) in [6, 6.07) is 9.86. The number of hydrogen-bond acceptors (Lipinski definition) is 2. The van der Waals surface area contributed by atoms with Gasteiger partial charge in [-0.3, -0.25) is 0 Å². The van der Waals surface area contributed by atoms with Crippen LogP contribution in [-0.2, 0) is 13.0 Å². The summed E-state index contributed by atoms with van der Waals surface area (Å²) in [6.45, 7) is 2.81. The molecule has 0 saturated carbocycles. The van der Waals surface area contributed by atoms with Gasteiger partial charge in [0.15, 0.2) is 0 Å². The lowest BCUT2D eigenvalue weighted by molar-refractivity contribution is 0.456. The molecular weight excluding hydrogens is 269 g/mol. The third-order valence-corrected chi connectivity index (χ3v) is 3.62. The number of halogens is 2. The quantitative estimate of drug-likeness (QED) is 0.885. The minimum atomic E-state index is 0.311. The normalized spacial score (nSPS) is 12.6. The van der Waals surface area contributed by atoms with Crippen LogP contribution in [0.4, 0.5) is 0 Å². The maximum absolute atomic E-state index is 6.13. The van der Waals surface area contributed by atoms with Crippen molar-refractivity contribution in [1.82, 2.24) is 5.32 Å². The second-order valence-corrected chi connectivity index (χ2v) is 5.06. The highest BCUT2D eigenvalue weighted by Gasteiger charge is 2.08. The molecule has 0 bridgehead atoms. The molecule has 96 valence electrons. The Morgan fingerprint density at radius 2 is 2.06 bits per heavy atom. The van der Waals surface area contributed by atoms with E-state index in [0.717, 1.165) is 17.7 Å². The van der Waals surface area contributed by atoms with Crippen LogP contribution in [0, 0.1) is 0 Å². The van der Waals surface area contributed by atoms with Gasteiger partial charge in [-0.1, -0.05) is 35.3 Å². The predicted octanol–water partition coefficient (Wildman–Crippen LogP) is 4.31. The zero-order chi connectivity index (χ0) is 13.0. The van der Waals surface area contributed by atoms with Crippen LogP contribution < -0.4 is 5.32 Å².